The summed E-state index contributed by atoms with van der Waals surface area (Å²) in [5, 5.41) is 32.7. The molecule has 0 atom stereocenters. The maximum atomic E-state index is 14.4. The van der Waals surface area contributed by atoms with Crippen LogP contribution in [0.2, 0.25) is 0 Å². The molecule has 0 N–H and O–H groups in total. The van der Waals surface area contributed by atoms with Crippen molar-refractivity contribution in [1.29, 1.82) is 0 Å². The number of piperidine rings is 2. The fourth-order valence-electron chi connectivity index (χ4n) is 14.4. The predicted octanol–water partition coefficient (Wildman–Crippen LogP) is 14.3. The molecular formula is C80H122F4N18O6. The standard InChI is InChI=1S/C22H32FN5O2.C21H30FN5O.C17H23FN4O2.C16H21FN4O.4CH4/c1-15(2)26-9-11-27(12-10-26)17-5-7-28(8-6-17)22-25-24-21(30-22)18-14-20(29-4)16(3)13-19(18)23;1-15(2)25-10-12-26(13-11-25)17-6-8-27(9-7-17)21-24-23-20(28-21)18-5-4-16(3)14-19(18)22;1-11(2)21-5-7-22(8-6-21)17-20-19-16(24-17)13-10-15(23-4)12(3)9-14(13)18;1-11(2)20-6-8-21(9-7-20)16-19-18-15(22-16)13-5-4-12(3)10-14(13)17;;;;/h13-15,17H,5-12H2,1-4H3;4-5,14-15,17H,6-13H2,1-3H3;9-11H,5-8H2,1-4H3;4-5,10-11H,6-9H2,1-3H3;4*1H4. The van der Waals surface area contributed by atoms with E-state index in [1.54, 1.807) is 52.3 Å². The number of halogens is 4. The maximum absolute atomic E-state index is 14.4. The summed E-state index contributed by atoms with van der Waals surface area (Å²) in [5.74, 6) is 0.601. The Kier molecular flexibility index (Phi) is 32.1. The molecule has 0 aliphatic carbocycles. The van der Waals surface area contributed by atoms with Gasteiger partial charge in [0.1, 0.15) is 34.8 Å². The number of rotatable bonds is 16. The first-order valence-corrected chi connectivity index (χ1v) is 37.0. The molecule has 6 saturated heterocycles. The van der Waals surface area contributed by atoms with E-state index in [9.17, 15) is 17.6 Å². The van der Waals surface area contributed by atoms with E-state index in [1.165, 1.54) is 24.3 Å². The van der Waals surface area contributed by atoms with E-state index in [1.807, 2.05) is 30.9 Å². The average Bonchev–Trinajstić information content (AvgIpc) is 1.86. The van der Waals surface area contributed by atoms with Gasteiger partial charge in [0.25, 0.3) is 23.6 Å². The largest absolute Gasteiger partial charge is 0.496 e. The quantitative estimate of drug-likeness (QED) is 0.0824. The van der Waals surface area contributed by atoms with Crippen LogP contribution in [0.25, 0.3) is 45.8 Å². The van der Waals surface area contributed by atoms with Crippen molar-refractivity contribution >= 4 is 24.1 Å². The van der Waals surface area contributed by atoms with Crippen molar-refractivity contribution in [1.82, 2.24) is 70.2 Å². The normalized spacial score (nSPS) is 17.6. The molecule has 0 saturated carbocycles. The number of aromatic nitrogens is 8. The second kappa shape index (κ2) is 39.9. The Morgan fingerprint density at radius 2 is 0.574 bits per heavy atom. The number of methoxy groups -OCH3 is 2. The lowest BCUT2D eigenvalue weighted by Gasteiger charge is -2.43. The second-order valence-electron chi connectivity index (χ2n) is 29.1. The highest BCUT2D eigenvalue weighted by molar-refractivity contribution is 5.61. The van der Waals surface area contributed by atoms with Crippen LogP contribution in [0, 0.1) is 51.0 Å². The third-order valence-corrected chi connectivity index (χ3v) is 21.1. The molecule has 0 spiro atoms. The molecule has 0 amide bonds. The van der Waals surface area contributed by atoms with E-state index >= 15 is 0 Å². The van der Waals surface area contributed by atoms with Crippen LogP contribution in [-0.4, -0.2) is 252 Å². The van der Waals surface area contributed by atoms with Gasteiger partial charge in [0.15, 0.2) is 0 Å². The lowest BCUT2D eigenvalue weighted by molar-refractivity contribution is 0.0689. The molecule has 8 aromatic rings. The number of piperazine rings is 4. The Hall–Kier alpha value is -8.28. The topological polar surface area (TPSA) is 207 Å². The van der Waals surface area contributed by atoms with Crippen LogP contribution in [0.3, 0.4) is 0 Å². The number of ether oxygens (including phenoxy) is 2. The van der Waals surface area contributed by atoms with Crippen molar-refractivity contribution in [3.63, 3.8) is 0 Å². The summed E-state index contributed by atoms with van der Waals surface area (Å²) in [6, 6.07) is 21.5. The summed E-state index contributed by atoms with van der Waals surface area (Å²) in [5.41, 5.74) is 4.44. The third-order valence-electron chi connectivity index (χ3n) is 21.1. The van der Waals surface area contributed by atoms with Gasteiger partial charge >= 0.3 is 24.1 Å². The van der Waals surface area contributed by atoms with Crippen molar-refractivity contribution < 1.29 is 44.7 Å². The van der Waals surface area contributed by atoms with Crippen molar-refractivity contribution in [3.05, 3.63) is 106 Å². The lowest BCUT2D eigenvalue weighted by Crippen LogP contribution is -2.54. The summed E-state index contributed by atoms with van der Waals surface area (Å²) < 4.78 is 90.4. The van der Waals surface area contributed by atoms with Gasteiger partial charge in [-0.2, -0.15) is 0 Å². The Balaban J connectivity index is 0.000000199. The molecule has 4 aromatic carbocycles. The van der Waals surface area contributed by atoms with E-state index < -0.39 is 5.82 Å². The van der Waals surface area contributed by atoms with Crippen LogP contribution in [-0.2, 0) is 0 Å². The number of hydrogen-bond donors (Lipinski definition) is 0. The minimum atomic E-state index is -0.395. The van der Waals surface area contributed by atoms with E-state index in [0.717, 1.165) is 179 Å². The molecule has 6 aliphatic rings. The first-order valence-electron chi connectivity index (χ1n) is 37.0. The fraction of sp³-hybridized carbons (Fsp3) is 0.600. The second-order valence-corrected chi connectivity index (χ2v) is 29.1. The Labute approximate surface area is 639 Å². The van der Waals surface area contributed by atoms with E-state index in [0.29, 0.717) is 82.9 Å². The average molecular weight is 1510 g/mol. The fourth-order valence-corrected chi connectivity index (χ4v) is 14.4. The zero-order valence-electron chi connectivity index (χ0n) is 63.2. The van der Waals surface area contributed by atoms with Gasteiger partial charge in [0, 0.05) is 167 Å². The molecule has 24 nitrogen and oxygen atoms in total. The zero-order chi connectivity index (χ0) is 73.9. The Bertz CT molecular complexity index is 4020. The molecule has 0 bridgehead atoms. The van der Waals surface area contributed by atoms with Crippen LogP contribution in [0.15, 0.2) is 78.3 Å². The van der Waals surface area contributed by atoms with Gasteiger partial charge in [0.05, 0.1) is 36.5 Å². The van der Waals surface area contributed by atoms with E-state index in [2.05, 4.69) is 140 Å². The summed E-state index contributed by atoms with van der Waals surface area (Å²) in [7, 11) is 3.12. The highest BCUT2D eigenvalue weighted by Gasteiger charge is 2.34. The zero-order valence-corrected chi connectivity index (χ0v) is 63.2. The summed E-state index contributed by atoms with van der Waals surface area (Å²) in [6.45, 7) is 45.0. The molecule has 28 heteroatoms. The third kappa shape index (κ3) is 21.6. The highest BCUT2D eigenvalue weighted by Crippen LogP contribution is 2.35. The molecule has 6 fully saturated rings. The summed E-state index contributed by atoms with van der Waals surface area (Å²) in [4.78, 5) is 23.5. The Morgan fingerprint density at radius 1 is 0.324 bits per heavy atom. The number of nitrogens with zero attached hydrogens (tertiary/aromatic N) is 18. The number of aryl methyl sites for hydroxylation is 4. The number of hydrogen-bond acceptors (Lipinski definition) is 24. The van der Waals surface area contributed by atoms with Crippen LogP contribution >= 0.6 is 0 Å². The molecule has 596 valence electrons. The smallest absolute Gasteiger partial charge is 0.318 e. The predicted molar refractivity (Wildman–Crippen MR) is 423 cm³/mol. The number of benzene rings is 4. The van der Waals surface area contributed by atoms with Gasteiger partial charge in [0.2, 0.25) is 0 Å². The van der Waals surface area contributed by atoms with Crippen molar-refractivity contribution in [2.75, 3.05) is 165 Å². The molecule has 0 unspecified atom stereocenters. The van der Waals surface area contributed by atoms with Crippen LogP contribution in [0.5, 0.6) is 11.5 Å². The molecule has 10 heterocycles. The van der Waals surface area contributed by atoms with Crippen molar-refractivity contribution in [2.45, 2.75) is 175 Å². The number of anilines is 4. The molecule has 108 heavy (non-hydrogen) atoms. The molecule has 14 rings (SSSR count). The minimum Gasteiger partial charge on any atom is -0.496 e. The van der Waals surface area contributed by atoms with Gasteiger partial charge in [-0.1, -0.05) is 62.2 Å². The minimum absolute atomic E-state index is 0. The lowest BCUT2D eigenvalue weighted by atomic mass is 10.0. The Morgan fingerprint density at radius 3 is 0.833 bits per heavy atom. The van der Waals surface area contributed by atoms with Gasteiger partial charge in [-0.3, -0.25) is 29.4 Å². The van der Waals surface area contributed by atoms with Crippen molar-refractivity contribution in [2.24, 2.45) is 0 Å². The summed E-state index contributed by atoms with van der Waals surface area (Å²) in [6.07, 6.45) is 4.34. The first-order chi connectivity index (χ1) is 50.0. The van der Waals surface area contributed by atoms with Crippen molar-refractivity contribution in [3.8, 4) is 57.3 Å². The molecule has 6 aliphatic heterocycles. The van der Waals surface area contributed by atoms with Gasteiger partial charge in [-0.25, -0.2) is 17.6 Å². The van der Waals surface area contributed by atoms with Gasteiger partial charge < -0.3 is 46.7 Å². The highest BCUT2D eigenvalue weighted by atomic mass is 19.1. The monoisotopic (exact) mass is 1510 g/mol. The molecular weight excluding hydrogens is 1380 g/mol. The van der Waals surface area contributed by atoms with E-state index in [-0.39, 0.29) is 81.8 Å². The van der Waals surface area contributed by atoms with Gasteiger partial charge in [-0.15, -0.1) is 20.4 Å². The molecule has 4 aromatic heterocycles. The SMILES string of the molecule is C.C.C.C.COc1cc(-c2nnc(N3CCC(N4CCN(C(C)C)CC4)CC3)o2)c(F)cc1C.COc1cc(-c2nnc(N3CCN(C(C)C)CC3)o2)c(F)cc1C.Cc1ccc(-c2nnc(N3CCC(N4CCN(C(C)C)CC4)CC3)o2)c(F)c1.Cc1ccc(-c2nnc(N3CCN(C(C)C)CC3)o2)c(F)c1. The van der Waals surface area contributed by atoms with Crippen LogP contribution in [0.1, 0.15) is 133 Å². The maximum Gasteiger partial charge on any atom is 0.318 e. The summed E-state index contributed by atoms with van der Waals surface area (Å²) >= 11 is 0. The molecule has 0 radical (unpaired) electrons. The first kappa shape index (κ1) is 87.0. The van der Waals surface area contributed by atoms with Crippen LogP contribution < -0.4 is 29.1 Å². The van der Waals surface area contributed by atoms with Gasteiger partial charge in [-0.05, 0) is 180 Å². The van der Waals surface area contributed by atoms with E-state index in [4.69, 9.17) is 27.1 Å². The van der Waals surface area contributed by atoms with Crippen LogP contribution in [0.4, 0.5) is 41.6 Å².